The largest absolute Gasteiger partial charge is 0.481 e. The van der Waals surface area contributed by atoms with Gasteiger partial charge in [0.25, 0.3) is 0 Å². The van der Waals surface area contributed by atoms with E-state index in [4.69, 9.17) is 5.11 Å². The Morgan fingerprint density at radius 2 is 1.81 bits per heavy atom. The highest BCUT2D eigenvalue weighted by Crippen LogP contribution is 2.24. The van der Waals surface area contributed by atoms with Crippen molar-refractivity contribution in [3.8, 4) is 0 Å². The Hall–Kier alpha value is -1.26. The highest BCUT2D eigenvalue weighted by atomic mass is 16.4. The lowest BCUT2D eigenvalue weighted by atomic mass is 9.84. The van der Waals surface area contributed by atoms with Crippen molar-refractivity contribution in [1.29, 1.82) is 0 Å². The zero-order valence-electron chi connectivity index (χ0n) is 10.5. The molecule has 5 heteroatoms. The van der Waals surface area contributed by atoms with Crippen LogP contribution in [0.3, 0.4) is 0 Å². The molecule has 0 aliphatic carbocycles. The summed E-state index contributed by atoms with van der Waals surface area (Å²) in [6.45, 7) is 8.45. The number of rotatable bonds is 5. The smallest absolute Gasteiger partial charge is 0.314 e. The molecule has 0 heterocycles. The van der Waals surface area contributed by atoms with Gasteiger partial charge in [0.15, 0.2) is 0 Å². The van der Waals surface area contributed by atoms with Gasteiger partial charge in [0.2, 0.25) is 0 Å². The number of carboxylic acid groups (broad SMARTS) is 1. The van der Waals surface area contributed by atoms with Crippen molar-refractivity contribution < 1.29 is 14.7 Å². The number of carbonyl (C=O) groups is 2. The number of hydrogen-bond acceptors (Lipinski definition) is 2. The first-order valence-corrected chi connectivity index (χ1v) is 5.50. The van der Waals surface area contributed by atoms with E-state index in [1.807, 2.05) is 27.7 Å². The third-order valence-corrected chi connectivity index (χ3v) is 2.05. The number of carboxylic acids is 1. The number of carbonyl (C=O) groups excluding carboxylic acids is 1. The molecule has 94 valence electrons. The van der Waals surface area contributed by atoms with Crippen LogP contribution >= 0.6 is 0 Å². The highest BCUT2D eigenvalue weighted by Gasteiger charge is 2.24. The van der Waals surface area contributed by atoms with Crippen molar-refractivity contribution in [3.63, 3.8) is 0 Å². The van der Waals surface area contributed by atoms with Gasteiger partial charge in [0.05, 0.1) is 5.92 Å². The summed E-state index contributed by atoms with van der Waals surface area (Å²) in [6, 6.07) is -0.317. The highest BCUT2D eigenvalue weighted by molar-refractivity contribution is 5.75. The lowest BCUT2D eigenvalue weighted by Crippen LogP contribution is -2.40. The molecule has 2 amide bonds. The Balaban J connectivity index is 4.15. The predicted octanol–water partition coefficient (Wildman–Crippen LogP) is 1.44. The van der Waals surface area contributed by atoms with E-state index in [9.17, 15) is 9.59 Å². The SMILES string of the molecule is CCNC(=O)NCC(CC(C)(C)C)C(=O)O. The Labute approximate surface area is 96.6 Å². The van der Waals surface area contributed by atoms with Crippen molar-refractivity contribution in [1.82, 2.24) is 10.6 Å². The molecule has 0 aliphatic heterocycles. The van der Waals surface area contributed by atoms with Crippen molar-refractivity contribution >= 4 is 12.0 Å². The minimum atomic E-state index is -0.869. The summed E-state index contributed by atoms with van der Waals surface area (Å²) in [5.74, 6) is -1.41. The average molecular weight is 230 g/mol. The molecule has 0 rings (SSSR count). The maximum atomic E-state index is 11.1. The van der Waals surface area contributed by atoms with Gasteiger partial charge < -0.3 is 15.7 Å². The van der Waals surface area contributed by atoms with Crippen molar-refractivity contribution in [3.05, 3.63) is 0 Å². The second kappa shape index (κ2) is 6.35. The summed E-state index contributed by atoms with van der Waals surface area (Å²) in [5, 5.41) is 14.1. The molecular formula is C11H22N2O3. The van der Waals surface area contributed by atoms with Gasteiger partial charge in [0, 0.05) is 13.1 Å². The fourth-order valence-corrected chi connectivity index (χ4v) is 1.42. The molecule has 0 fully saturated rings. The molecule has 0 spiro atoms. The minimum absolute atomic E-state index is 0.0635. The Kier molecular flexibility index (Phi) is 5.85. The van der Waals surface area contributed by atoms with E-state index in [1.165, 1.54) is 0 Å². The molecule has 0 aromatic rings. The molecule has 0 aliphatic rings. The fraction of sp³-hybridized carbons (Fsp3) is 0.818. The lowest BCUT2D eigenvalue weighted by Gasteiger charge is -2.23. The molecule has 3 N–H and O–H groups in total. The fourth-order valence-electron chi connectivity index (χ4n) is 1.42. The van der Waals surface area contributed by atoms with E-state index in [1.54, 1.807) is 0 Å². The maximum Gasteiger partial charge on any atom is 0.314 e. The predicted molar refractivity (Wildman–Crippen MR) is 62.3 cm³/mol. The van der Waals surface area contributed by atoms with Crippen molar-refractivity contribution in [2.24, 2.45) is 11.3 Å². The van der Waals surface area contributed by atoms with E-state index in [0.717, 1.165) is 0 Å². The monoisotopic (exact) mass is 230 g/mol. The van der Waals surface area contributed by atoms with Crippen LogP contribution in [-0.2, 0) is 4.79 Å². The molecule has 5 nitrogen and oxygen atoms in total. The van der Waals surface area contributed by atoms with E-state index in [2.05, 4.69) is 10.6 Å². The van der Waals surface area contributed by atoms with Gasteiger partial charge in [-0.05, 0) is 18.8 Å². The van der Waals surface area contributed by atoms with Gasteiger partial charge in [-0.15, -0.1) is 0 Å². The summed E-state index contributed by atoms with van der Waals surface area (Å²) in [7, 11) is 0. The van der Waals surface area contributed by atoms with Gasteiger partial charge in [0.1, 0.15) is 0 Å². The Morgan fingerprint density at radius 1 is 1.25 bits per heavy atom. The van der Waals surface area contributed by atoms with E-state index >= 15 is 0 Å². The number of nitrogens with one attached hydrogen (secondary N) is 2. The topological polar surface area (TPSA) is 78.4 Å². The van der Waals surface area contributed by atoms with E-state index in [0.29, 0.717) is 13.0 Å². The van der Waals surface area contributed by atoms with E-state index in [-0.39, 0.29) is 18.0 Å². The van der Waals surface area contributed by atoms with Crippen LogP contribution in [0.25, 0.3) is 0 Å². The first kappa shape index (κ1) is 14.7. The maximum absolute atomic E-state index is 11.1. The van der Waals surface area contributed by atoms with Crippen LogP contribution in [-0.4, -0.2) is 30.2 Å². The lowest BCUT2D eigenvalue weighted by molar-refractivity contribution is -0.142. The third-order valence-electron chi connectivity index (χ3n) is 2.05. The van der Waals surface area contributed by atoms with Crippen LogP contribution in [0, 0.1) is 11.3 Å². The van der Waals surface area contributed by atoms with Crippen LogP contribution in [0.2, 0.25) is 0 Å². The second-order valence-electron chi connectivity index (χ2n) is 5.04. The Bertz CT molecular complexity index is 246. The first-order chi connectivity index (χ1) is 7.26. The van der Waals surface area contributed by atoms with E-state index < -0.39 is 11.9 Å². The summed E-state index contributed by atoms with van der Waals surface area (Å²) in [6.07, 6.45) is 0.536. The van der Waals surface area contributed by atoms with Gasteiger partial charge in [-0.3, -0.25) is 4.79 Å². The summed E-state index contributed by atoms with van der Waals surface area (Å²) < 4.78 is 0. The normalized spacial score (nSPS) is 13.0. The minimum Gasteiger partial charge on any atom is -0.481 e. The van der Waals surface area contributed by atoms with Gasteiger partial charge >= 0.3 is 12.0 Å². The number of aliphatic carboxylic acids is 1. The molecule has 0 aromatic carbocycles. The quantitative estimate of drug-likeness (QED) is 0.668. The molecule has 0 saturated carbocycles. The third kappa shape index (κ3) is 7.09. The van der Waals surface area contributed by atoms with Gasteiger partial charge in [-0.25, -0.2) is 4.79 Å². The molecule has 16 heavy (non-hydrogen) atoms. The van der Waals surface area contributed by atoms with Crippen LogP contribution in [0.15, 0.2) is 0 Å². The van der Waals surface area contributed by atoms with Crippen LogP contribution in [0.1, 0.15) is 34.1 Å². The van der Waals surface area contributed by atoms with Crippen molar-refractivity contribution in [2.45, 2.75) is 34.1 Å². The molecule has 0 aromatic heterocycles. The number of urea groups is 1. The van der Waals surface area contributed by atoms with Crippen LogP contribution < -0.4 is 10.6 Å². The average Bonchev–Trinajstić information content (AvgIpc) is 2.10. The Morgan fingerprint density at radius 3 is 2.19 bits per heavy atom. The molecule has 1 atom stereocenters. The van der Waals surface area contributed by atoms with Crippen LogP contribution in [0.5, 0.6) is 0 Å². The molecular weight excluding hydrogens is 208 g/mol. The van der Waals surface area contributed by atoms with Gasteiger partial charge in [-0.2, -0.15) is 0 Å². The summed E-state index contributed by atoms with van der Waals surface area (Å²) in [4.78, 5) is 22.1. The number of amides is 2. The van der Waals surface area contributed by atoms with Crippen molar-refractivity contribution in [2.75, 3.05) is 13.1 Å². The zero-order chi connectivity index (χ0) is 12.8. The van der Waals surface area contributed by atoms with Crippen LogP contribution in [0.4, 0.5) is 4.79 Å². The summed E-state index contributed by atoms with van der Waals surface area (Å²) in [5.41, 5.74) is -0.0635. The second-order valence-corrected chi connectivity index (χ2v) is 5.04. The standard InChI is InChI=1S/C11H22N2O3/c1-5-12-10(16)13-7-8(9(14)15)6-11(2,3)4/h8H,5-7H2,1-4H3,(H,14,15)(H2,12,13,16). The number of hydrogen-bond donors (Lipinski definition) is 3. The molecule has 0 saturated heterocycles. The zero-order valence-corrected chi connectivity index (χ0v) is 10.5. The molecule has 0 bridgehead atoms. The summed E-state index contributed by atoms with van der Waals surface area (Å²) >= 11 is 0. The first-order valence-electron chi connectivity index (χ1n) is 5.50. The molecule has 1 unspecified atom stereocenters. The van der Waals surface area contributed by atoms with Gasteiger partial charge in [-0.1, -0.05) is 20.8 Å². The molecule has 0 radical (unpaired) electrons.